The third-order valence-corrected chi connectivity index (χ3v) is 6.40. The zero-order chi connectivity index (χ0) is 16.3. The van der Waals surface area contributed by atoms with Crippen LogP contribution in [-0.4, -0.2) is 26.9 Å². The molecule has 0 aromatic carbocycles. The van der Waals surface area contributed by atoms with Crippen LogP contribution < -0.4 is 0 Å². The van der Waals surface area contributed by atoms with Gasteiger partial charge in [0, 0.05) is 13.7 Å². The Hall–Kier alpha value is -0.0800. The van der Waals surface area contributed by atoms with Crippen LogP contribution in [0.4, 0.5) is 0 Å². The van der Waals surface area contributed by atoms with Crippen molar-refractivity contribution in [2.24, 2.45) is 23.7 Å². The van der Waals surface area contributed by atoms with Gasteiger partial charge in [0.1, 0.15) is 0 Å². The molecule has 0 aliphatic heterocycles. The van der Waals surface area contributed by atoms with Crippen molar-refractivity contribution in [1.82, 2.24) is 0 Å². The van der Waals surface area contributed by atoms with E-state index >= 15 is 0 Å². The van der Waals surface area contributed by atoms with Crippen molar-refractivity contribution < 1.29 is 9.47 Å². The average Bonchev–Trinajstić information content (AvgIpc) is 2.59. The van der Waals surface area contributed by atoms with Crippen LogP contribution in [0.25, 0.3) is 0 Å². The second-order valence-corrected chi connectivity index (χ2v) is 8.21. The first-order chi connectivity index (χ1) is 11.3. The molecule has 2 aliphatic rings. The largest absolute Gasteiger partial charge is 0.382 e. The first kappa shape index (κ1) is 19.2. The van der Waals surface area contributed by atoms with Gasteiger partial charge in [-0.05, 0) is 36.5 Å². The van der Waals surface area contributed by atoms with Crippen molar-refractivity contribution in [2.75, 3.05) is 26.9 Å². The normalized spacial score (nSPS) is 32.1. The number of methoxy groups -OCH3 is 1. The quantitative estimate of drug-likeness (QED) is 0.470. The minimum Gasteiger partial charge on any atom is -0.382 e. The molecule has 136 valence electrons. The SMILES string of the molecule is CCCC1CCC(CCC2CCC(COCCOC)CC2)CC1. The Bertz CT molecular complexity index is 276. The van der Waals surface area contributed by atoms with Crippen LogP contribution in [0, 0.1) is 23.7 Å². The number of hydrogen-bond donors (Lipinski definition) is 0. The van der Waals surface area contributed by atoms with E-state index in [0.29, 0.717) is 0 Å². The molecule has 2 nitrogen and oxygen atoms in total. The van der Waals surface area contributed by atoms with Gasteiger partial charge in [0.25, 0.3) is 0 Å². The zero-order valence-electron chi connectivity index (χ0n) is 15.7. The number of rotatable bonds is 10. The molecule has 23 heavy (non-hydrogen) atoms. The summed E-state index contributed by atoms with van der Waals surface area (Å²) in [5, 5.41) is 0. The molecule has 0 unspecified atom stereocenters. The van der Waals surface area contributed by atoms with Crippen molar-refractivity contribution in [2.45, 2.75) is 84.0 Å². The maximum atomic E-state index is 5.71. The van der Waals surface area contributed by atoms with E-state index in [0.717, 1.165) is 43.5 Å². The molecule has 2 heteroatoms. The first-order valence-electron chi connectivity index (χ1n) is 10.4. The molecule has 2 fully saturated rings. The lowest BCUT2D eigenvalue weighted by atomic mass is 9.75. The summed E-state index contributed by atoms with van der Waals surface area (Å²) in [6.45, 7) is 4.79. The highest BCUT2D eigenvalue weighted by atomic mass is 16.5. The summed E-state index contributed by atoms with van der Waals surface area (Å²) in [5.74, 6) is 3.94. The second-order valence-electron chi connectivity index (χ2n) is 8.21. The Balaban J connectivity index is 1.50. The Morgan fingerprint density at radius 1 is 0.652 bits per heavy atom. The van der Waals surface area contributed by atoms with Gasteiger partial charge in [0.2, 0.25) is 0 Å². The fourth-order valence-corrected chi connectivity index (χ4v) is 4.77. The molecule has 2 saturated carbocycles. The predicted octanol–water partition coefficient (Wildman–Crippen LogP) is 5.84. The van der Waals surface area contributed by atoms with Crippen molar-refractivity contribution in [3.05, 3.63) is 0 Å². The lowest BCUT2D eigenvalue weighted by Gasteiger charge is -2.32. The zero-order valence-corrected chi connectivity index (χ0v) is 15.7. The molecule has 0 bridgehead atoms. The van der Waals surface area contributed by atoms with E-state index in [1.807, 2.05) is 0 Å². The maximum absolute atomic E-state index is 5.71. The highest BCUT2D eigenvalue weighted by Gasteiger charge is 2.24. The Labute approximate surface area is 144 Å². The van der Waals surface area contributed by atoms with Gasteiger partial charge in [-0.3, -0.25) is 0 Å². The molecule has 0 aromatic heterocycles. The Morgan fingerprint density at radius 2 is 1.13 bits per heavy atom. The molecule has 0 atom stereocenters. The third-order valence-electron chi connectivity index (χ3n) is 6.40. The molecule has 0 amide bonds. The lowest BCUT2D eigenvalue weighted by molar-refractivity contribution is 0.0391. The summed E-state index contributed by atoms with van der Waals surface area (Å²) in [5.41, 5.74) is 0. The smallest absolute Gasteiger partial charge is 0.0700 e. The van der Waals surface area contributed by atoms with Crippen LogP contribution in [0.2, 0.25) is 0 Å². The fraction of sp³-hybridized carbons (Fsp3) is 1.00. The number of ether oxygens (including phenoxy) is 2. The summed E-state index contributed by atoms with van der Waals surface area (Å²) in [6.07, 6.45) is 17.6. The second kappa shape index (κ2) is 11.5. The summed E-state index contributed by atoms with van der Waals surface area (Å²) < 4.78 is 10.7. The van der Waals surface area contributed by atoms with Gasteiger partial charge in [0.05, 0.1) is 13.2 Å². The van der Waals surface area contributed by atoms with Crippen LogP contribution in [0.15, 0.2) is 0 Å². The van der Waals surface area contributed by atoms with E-state index in [9.17, 15) is 0 Å². The first-order valence-corrected chi connectivity index (χ1v) is 10.4. The molecule has 0 radical (unpaired) electrons. The minimum absolute atomic E-state index is 0.732. The van der Waals surface area contributed by atoms with Gasteiger partial charge < -0.3 is 9.47 Å². The van der Waals surface area contributed by atoms with Crippen LogP contribution in [0.5, 0.6) is 0 Å². The fourth-order valence-electron chi connectivity index (χ4n) is 4.77. The summed E-state index contributed by atoms with van der Waals surface area (Å²) in [7, 11) is 1.74. The average molecular weight is 325 g/mol. The van der Waals surface area contributed by atoms with Crippen LogP contribution in [-0.2, 0) is 9.47 Å². The van der Waals surface area contributed by atoms with Gasteiger partial charge in [-0.15, -0.1) is 0 Å². The van der Waals surface area contributed by atoms with Gasteiger partial charge >= 0.3 is 0 Å². The molecular weight excluding hydrogens is 284 g/mol. The van der Waals surface area contributed by atoms with E-state index in [1.54, 1.807) is 7.11 Å². The van der Waals surface area contributed by atoms with E-state index in [2.05, 4.69) is 6.92 Å². The molecule has 0 spiro atoms. The molecular formula is C21H40O2. The molecule has 0 saturated heterocycles. The van der Waals surface area contributed by atoms with Gasteiger partial charge in [-0.1, -0.05) is 71.1 Å². The van der Waals surface area contributed by atoms with Gasteiger partial charge in [-0.2, -0.15) is 0 Å². The standard InChI is InChI=1S/C21H40O2/c1-3-4-18-5-7-19(8-6-18)9-10-20-11-13-21(14-12-20)17-23-16-15-22-2/h18-21H,3-17H2,1-2H3. The van der Waals surface area contributed by atoms with E-state index in [-0.39, 0.29) is 0 Å². The van der Waals surface area contributed by atoms with Gasteiger partial charge in [-0.25, -0.2) is 0 Å². The van der Waals surface area contributed by atoms with Crippen molar-refractivity contribution in [3.8, 4) is 0 Å². The summed E-state index contributed by atoms with van der Waals surface area (Å²) in [6, 6.07) is 0. The predicted molar refractivity (Wildman–Crippen MR) is 97.7 cm³/mol. The third kappa shape index (κ3) is 7.56. The topological polar surface area (TPSA) is 18.5 Å². The Morgan fingerprint density at radius 3 is 1.61 bits per heavy atom. The molecule has 0 aromatic rings. The summed E-state index contributed by atoms with van der Waals surface area (Å²) >= 11 is 0. The van der Waals surface area contributed by atoms with E-state index < -0.39 is 0 Å². The van der Waals surface area contributed by atoms with Crippen molar-refractivity contribution in [3.63, 3.8) is 0 Å². The van der Waals surface area contributed by atoms with E-state index in [1.165, 1.54) is 77.0 Å². The Kier molecular flexibility index (Phi) is 9.60. The molecule has 0 N–H and O–H groups in total. The van der Waals surface area contributed by atoms with Crippen LogP contribution in [0.1, 0.15) is 84.0 Å². The minimum atomic E-state index is 0.732. The van der Waals surface area contributed by atoms with Gasteiger partial charge in [0.15, 0.2) is 0 Å². The van der Waals surface area contributed by atoms with Crippen LogP contribution >= 0.6 is 0 Å². The molecule has 2 rings (SSSR count). The molecule has 2 aliphatic carbocycles. The van der Waals surface area contributed by atoms with Crippen molar-refractivity contribution >= 4 is 0 Å². The van der Waals surface area contributed by atoms with Crippen LogP contribution in [0.3, 0.4) is 0 Å². The highest BCUT2D eigenvalue weighted by Crippen LogP contribution is 2.37. The maximum Gasteiger partial charge on any atom is 0.0700 e. The lowest BCUT2D eigenvalue weighted by Crippen LogP contribution is -2.21. The molecule has 0 heterocycles. The number of hydrogen-bond acceptors (Lipinski definition) is 2. The van der Waals surface area contributed by atoms with Crippen molar-refractivity contribution in [1.29, 1.82) is 0 Å². The highest BCUT2D eigenvalue weighted by molar-refractivity contribution is 4.76. The monoisotopic (exact) mass is 324 g/mol. The summed E-state index contributed by atoms with van der Waals surface area (Å²) in [4.78, 5) is 0. The van der Waals surface area contributed by atoms with E-state index in [4.69, 9.17) is 9.47 Å².